The van der Waals surface area contributed by atoms with Crippen LogP contribution in [-0.4, -0.2) is 25.0 Å². The minimum absolute atomic E-state index is 0.340. The van der Waals surface area contributed by atoms with Gasteiger partial charge < -0.3 is 10.1 Å². The minimum atomic E-state index is 0.340. The molecule has 6 aliphatic heterocycles. The lowest BCUT2D eigenvalue weighted by Gasteiger charge is -2.52. The Hall–Kier alpha value is -1.81. The fourth-order valence-electron chi connectivity index (χ4n) is 9.29. The van der Waals surface area contributed by atoms with Gasteiger partial charge in [-0.1, -0.05) is 60.7 Å². The normalized spacial score (nSPS) is 42.8. The lowest BCUT2D eigenvalue weighted by atomic mass is 9.61. The van der Waals surface area contributed by atoms with Crippen LogP contribution in [-0.2, 0) is 4.74 Å². The van der Waals surface area contributed by atoms with Crippen LogP contribution in [0.3, 0.4) is 0 Å². The molecule has 184 valence electrons. The van der Waals surface area contributed by atoms with E-state index < -0.39 is 0 Å². The molecule has 5 fully saturated rings. The molecule has 0 spiro atoms. The summed E-state index contributed by atoms with van der Waals surface area (Å²) in [7, 11) is 0. The van der Waals surface area contributed by atoms with Crippen LogP contribution in [0.1, 0.15) is 94.0 Å². The van der Waals surface area contributed by atoms with Crippen molar-refractivity contribution in [2.24, 2.45) is 17.8 Å². The Balaban J connectivity index is 1.06. The van der Waals surface area contributed by atoms with E-state index in [4.69, 9.17) is 4.74 Å². The SMILES string of the molecule is C1=CC2C3COC(C(c4ccc5c(c4)[C@H]4SCC5CC4c4ccc5c(c4)C4CCC5CN4)C3)C2C=C1. The summed E-state index contributed by atoms with van der Waals surface area (Å²) in [6, 6.07) is 15.9. The van der Waals surface area contributed by atoms with Gasteiger partial charge in [-0.15, -0.1) is 0 Å². The fourth-order valence-corrected chi connectivity index (χ4v) is 10.9. The van der Waals surface area contributed by atoms with Gasteiger partial charge in [-0.05, 0) is 82.7 Å². The van der Waals surface area contributed by atoms with Gasteiger partial charge in [0.25, 0.3) is 0 Å². The first-order chi connectivity index (χ1) is 17.8. The van der Waals surface area contributed by atoms with E-state index in [1.54, 1.807) is 33.4 Å². The van der Waals surface area contributed by atoms with Gasteiger partial charge in [-0.2, -0.15) is 11.8 Å². The molecule has 4 aliphatic carbocycles. The molecule has 4 saturated heterocycles. The highest BCUT2D eigenvalue weighted by Gasteiger charge is 2.49. The summed E-state index contributed by atoms with van der Waals surface area (Å²) in [6.45, 7) is 2.13. The van der Waals surface area contributed by atoms with Crippen molar-refractivity contribution in [2.45, 2.75) is 66.8 Å². The fraction of sp³-hybridized carbons (Fsp3) is 0.515. The van der Waals surface area contributed by atoms with Gasteiger partial charge in [0.05, 0.1) is 12.7 Å². The first kappa shape index (κ1) is 21.2. The quantitative estimate of drug-likeness (QED) is 0.481. The number of hydrogen-bond donors (Lipinski definition) is 1. The van der Waals surface area contributed by atoms with Gasteiger partial charge >= 0.3 is 0 Å². The van der Waals surface area contributed by atoms with Crippen LogP contribution < -0.4 is 5.32 Å². The number of hydrogen-bond acceptors (Lipinski definition) is 3. The second kappa shape index (κ2) is 7.85. The molecule has 10 atom stereocenters. The van der Waals surface area contributed by atoms with Crippen molar-refractivity contribution in [1.29, 1.82) is 0 Å². The Bertz CT molecular complexity index is 1290. The maximum atomic E-state index is 6.49. The van der Waals surface area contributed by atoms with Crippen LogP contribution in [0.5, 0.6) is 0 Å². The third kappa shape index (κ3) is 2.94. The Morgan fingerprint density at radius 1 is 0.778 bits per heavy atom. The van der Waals surface area contributed by atoms with Crippen molar-refractivity contribution >= 4 is 11.8 Å². The Kier molecular flexibility index (Phi) is 4.61. The van der Waals surface area contributed by atoms with Crippen LogP contribution in [0, 0.1) is 17.8 Å². The Labute approximate surface area is 219 Å². The summed E-state index contributed by atoms with van der Waals surface area (Å²) >= 11 is 2.23. The monoisotopic (exact) mass is 493 g/mol. The van der Waals surface area contributed by atoms with Crippen LogP contribution in [0.4, 0.5) is 0 Å². The van der Waals surface area contributed by atoms with E-state index >= 15 is 0 Å². The molecule has 3 heteroatoms. The number of piperidine rings is 1. The Morgan fingerprint density at radius 2 is 1.58 bits per heavy atom. The highest BCUT2D eigenvalue weighted by atomic mass is 32.2. The van der Waals surface area contributed by atoms with E-state index in [1.165, 1.54) is 38.0 Å². The highest BCUT2D eigenvalue weighted by molar-refractivity contribution is 7.99. The smallest absolute Gasteiger partial charge is 0.0712 e. The summed E-state index contributed by atoms with van der Waals surface area (Å²) in [4.78, 5) is 0. The molecule has 9 unspecified atom stereocenters. The largest absolute Gasteiger partial charge is 0.377 e. The second-order valence-electron chi connectivity index (χ2n) is 12.6. The van der Waals surface area contributed by atoms with Crippen LogP contribution in [0.2, 0.25) is 0 Å². The van der Waals surface area contributed by atoms with Crippen LogP contribution in [0.15, 0.2) is 60.7 Å². The van der Waals surface area contributed by atoms with Crippen LogP contribution in [0.25, 0.3) is 0 Å². The molecule has 2 nitrogen and oxygen atoms in total. The van der Waals surface area contributed by atoms with Crippen molar-refractivity contribution in [2.75, 3.05) is 18.9 Å². The molecule has 6 heterocycles. The molecule has 1 N–H and O–H groups in total. The van der Waals surface area contributed by atoms with Gasteiger partial charge in [0.15, 0.2) is 0 Å². The maximum absolute atomic E-state index is 6.49. The van der Waals surface area contributed by atoms with Gasteiger partial charge in [-0.3, -0.25) is 0 Å². The molecule has 36 heavy (non-hydrogen) atoms. The van der Waals surface area contributed by atoms with E-state index in [0.29, 0.717) is 52.9 Å². The summed E-state index contributed by atoms with van der Waals surface area (Å²) in [6.07, 6.45) is 15.0. The molecule has 12 rings (SSSR count). The molecule has 6 bridgehead atoms. The van der Waals surface area contributed by atoms with Gasteiger partial charge in [0.1, 0.15) is 0 Å². The molecule has 1 saturated carbocycles. The molecule has 10 aliphatic rings. The first-order valence-corrected chi connectivity index (χ1v) is 15.5. The molecule has 0 radical (unpaired) electrons. The molecular formula is C33H35NOS. The zero-order chi connectivity index (χ0) is 23.4. The van der Waals surface area contributed by atoms with Crippen molar-refractivity contribution in [1.82, 2.24) is 5.32 Å². The number of fused-ring (bicyclic) bond motifs is 6. The minimum Gasteiger partial charge on any atom is -0.377 e. The van der Waals surface area contributed by atoms with Crippen molar-refractivity contribution < 1.29 is 4.74 Å². The lowest BCUT2D eigenvalue weighted by molar-refractivity contribution is -0.123. The van der Waals surface area contributed by atoms with Crippen LogP contribution >= 0.6 is 11.8 Å². The standard InChI is InChI=1S/C33H35NOS/c1-2-4-26-23(3-1)21-13-27(32(26)35-16-21)18-5-9-25-22-14-28(33(36-17-22)30(25)12-18)19-6-8-24-20-7-10-31(34-15-20)29(24)11-19/h1-6,8-9,11-12,20-23,26-28,31-34H,7,10,13-17H2/t20?,21?,22?,23?,26?,27?,28?,31?,32?,33-/m0/s1. The number of nitrogens with one attached hydrogen (secondary N) is 1. The zero-order valence-electron chi connectivity index (χ0n) is 20.8. The van der Waals surface area contributed by atoms with E-state index in [-0.39, 0.29) is 0 Å². The predicted octanol–water partition coefficient (Wildman–Crippen LogP) is 7.13. The Morgan fingerprint density at radius 3 is 2.44 bits per heavy atom. The molecule has 0 amide bonds. The number of benzene rings is 2. The molecule has 2 aromatic carbocycles. The first-order valence-electron chi connectivity index (χ1n) is 14.4. The van der Waals surface area contributed by atoms with E-state index in [9.17, 15) is 0 Å². The van der Waals surface area contributed by atoms with Gasteiger partial charge in [0, 0.05) is 41.3 Å². The zero-order valence-corrected chi connectivity index (χ0v) is 21.6. The summed E-state index contributed by atoms with van der Waals surface area (Å²) in [5, 5.41) is 4.41. The van der Waals surface area contributed by atoms with Gasteiger partial charge in [0.2, 0.25) is 0 Å². The molecular weight excluding hydrogens is 458 g/mol. The average molecular weight is 494 g/mol. The average Bonchev–Trinajstić information content (AvgIpc) is 2.98. The number of ether oxygens (including phenoxy) is 1. The third-order valence-electron chi connectivity index (χ3n) is 11.0. The predicted molar refractivity (Wildman–Crippen MR) is 147 cm³/mol. The summed E-state index contributed by atoms with van der Waals surface area (Å²) in [5.41, 5.74) is 9.71. The topological polar surface area (TPSA) is 21.3 Å². The highest BCUT2D eigenvalue weighted by Crippen LogP contribution is 2.60. The van der Waals surface area contributed by atoms with E-state index in [2.05, 4.69) is 77.8 Å². The van der Waals surface area contributed by atoms with Crippen molar-refractivity contribution in [3.63, 3.8) is 0 Å². The number of rotatable bonds is 2. The van der Waals surface area contributed by atoms with Crippen molar-refractivity contribution in [3.8, 4) is 0 Å². The maximum Gasteiger partial charge on any atom is 0.0712 e. The number of thioether (sulfide) groups is 1. The lowest BCUT2D eigenvalue weighted by Crippen LogP contribution is -2.50. The second-order valence-corrected chi connectivity index (χ2v) is 13.8. The summed E-state index contributed by atoms with van der Waals surface area (Å²) in [5.74, 6) is 5.84. The third-order valence-corrected chi connectivity index (χ3v) is 12.6. The van der Waals surface area contributed by atoms with E-state index in [0.717, 1.165) is 12.5 Å². The van der Waals surface area contributed by atoms with Crippen molar-refractivity contribution in [3.05, 3.63) is 94.1 Å². The molecule has 2 aromatic rings. The van der Waals surface area contributed by atoms with E-state index in [1.807, 2.05) is 0 Å². The van der Waals surface area contributed by atoms with Gasteiger partial charge in [-0.25, -0.2) is 0 Å². The number of allylic oxidation sites excluding steroid dienone is 3. The molecule has 0 aromatic heterocycles. The summed E-state index contributed by atoms with van der Waals surface area (Å²) < 4.78 is 6.49.